The van der Waals surface area contributed by atoms with Crippen LogP contribution in [-0.4, -0.2) is 72.2 Å². The van der Waals surface area contributed by atoms with Crippen LogP contribution in [0.25, 0.3) is 0 Å². The smallest absolute Gasteiger partial charge is 0.0510 e. The molecule has 0 radical (unpaired) electrons. The number of benzene rings is 1. The highest BCUT2D eigenvalue weighted by Gasteiger charge is 2.20. The number of hydrogen-bond acceptors (Lipinski definition) is 4. The molecule has 146 valence electrons. The normalized spacial score (nSPS) is 20.4. The van der Waals surface area contributed by atoms with Gasteiger partial charge in [-0.15, -0.1) is 0 Å². The minimum Gasteiger partial charge on any atom is -0.289 e. The van der Waals surface area contributed by atoms with E-state index in [1.807, 2.05) is 0 Å². The molecular formula is C22H38N4. The Hall–Kier alpha value is -0.940. The summed E-state index contributed by atoms with van der Waals surface area (Å²) in [4.78, 5) is 10.3. The summed E-state index contributed by atoms with van der Waals surface area (Å²) in [5.41, 5.74) is 2.91. The van der Waals surface area contributed by atoms with Crippen molar-refractivity contribution in [1.82, 2.24) is 19.6 Å². The zero-order chi connectivity index (χ0) is 18.2. The Bertz CT molecular complexity index is 468. The molecule has 4 nitrogen and oxygen atoms in total. The lowest BCUT2D eigenvalue weighted by Gasteiger charge is -2.19. The molecular weight excluding hydrogens is 320 g/mol. The third-order valence-electron chi connectivity index (χ3n) is 5.76. The fourth-order valence-electron chi connectivity index (χ4n) is 4.07. The largest absolute Gasteiger partial charge is 0.289 e. The maximum absolute atomic E-state index is 2.59. The second-order valence-electron chi connectivity index (χ2n) is 8.15. The van der Waals surface area contributed by atoms with Crippen LogP contribution >= 0.6 is 0 Å². The molecule has 2 aliphatic heterocycles. The zero-order valence-corrected chi connectivity index (χ0v) is 17.0. The van der Waals surface area contributed by atoms with Crippen LogP contribution in [-0.2, 0) is 13.1 Å². The second kappa shape index (κ2) is 10.4. The SMILES string of the molecule is CCCCN1CCN(Cc2ccc(CN3CCN(CCCC)C3)cc2)C1. The third kappa shape index (κ3) is 6.05. The summed E-state index contributed by atoms with van der Waals surface area (Å²) in [6.45, 7) is 16.5. The van der Waals surface area contributed by atoms with E-state index in [4.69, 9.17) is 0 Å². The molecule has 0 aliphatic carbocycles. The van der Waals surface area contributed by atoms with Crippen molar-refractivity contribution >= 4 is 0 Å². The van der Waals surface area contributed by atoms with Gasteiger partial charge in [0.1, 0.15) is 0 Å². The predicted octanol–water partition coefficient (Wildman–Crippen LogP) is 3.44. The van der Waals surface area contributed by atoms with Crippen LogP contribution in [0.4, 0.5) is 0 Å². The van der Waals surface area contributed by atoms with Crippen LogP contribution in [0.3, 0.4) is 0 Å². The Balaban J connectivity index is 1.40. The number of hydrogen-bond donors (Lipinski definition) is 0. The molecule has 0 aromatic heterocycles. The highest BCUT2D eigenvalue weighted by Crippen LogP contribution is 2.15. The van der Waals surface area contributed by atoms with Crippen molar-refractivity contribution in [1.29, 1.82) is 0 Å². The maximum Gasteiger partial charge on any atom is 0.0510 e. The third-order valence-corrected chi connectivity index (χ3v) is 5.76. The van der Waals surface area contributed by atoms with Gasteiger partial charge < -0.3 is 0 Å². The summed E-state index contributed by atoms with van der Waals surface area (Å²) in [5, 5.41) is 0. The van der Waals surface area contributed by atoms with Crippen molar-refractivity contribution in [3.8, 4) is 0 Å². The molecule has 0 spiro atoms. The molecule has 1 aromatic carbocycles. The highest BCUT2D eigenvalue weighted by atomic mass is 15.4. The maximum atomic E-state index is 2.59. The molecule has 0 atom stereocenters. The average Bonchev–Trinajstić information content (AvgIpc) is 3.29. The molecule has 0 amide bonds. The van der Waals surface area contributed by atoms with Crippen LogP contribution in [0.15, 0.2) is 24.3 Å². The van der Waals surface area contributed by atoms with Gasteiger partial charge in [0, 0.05) is 39.3 Å². The van der Waals surface area contributed by atoms with E-state index in [1.54, 1.807) is 0 Å². The van der Waals surface area contributed by atoms with Gasteiger partial charge in [-0.3, -0.25) is 19.6 Å². The lowest BCUT2D eigenvalue weighted by molar-refractivity contribution is 0.237. The van der Waals surface area contributed by atoms with Gasteiger partial charge in [-0.05, 0) is 37.1 Å². The van der Waals surface area contributed by atoms with Crippen LogP contribution in [0.5, 0.6) is 0 Å². The van der Waals surface area contributed by atoms with Crippen molar-refractivity contribution in [2.45, 2.75) is 52.6 Å². The molecule has 0 unspecified atom stereocenters. The topological polar surface area (TPSA) is 13.0 Å². The first-order valence-electron chi connectivity index (χ1n) is 10.7. The first kappa shape index (κ1) is 19.8. The van der Waals surface area contributed by atoms with Crippen molar-refractivity contribution in [3.63, 3.8) is 0 Å². The molecule has 1 aromatic rings. The van der Waals surface area contributed by atoms with Gasteiger partial charge in [0.15, 0.2) is 0 Å². The quantitative estimate of drug-likeness (QED) is 0.635. The zero-order valence-electron chi connectivity index (χ0n) is 17.0. The van der Waals surface area contributed by atoms with Crippen molar-refractivity contribution < 1.29 is 0 Å². The van der Waals surface area contributed by atoms with Gasteiger partial charge in [-0.25, -0.2) is 0 Å². The molecule has 0 saturated carbocycles. The first-order chi connectivity index (χ1) is 12.8. The van der Waals surface area contributed by atoms with Gasteiger partial charge >= 0.3 is 0 Å². The van der Waals surface area contributed by atoms with Crippen LogP contribution in [0, 0.1) is 0 Å². The summed E-state index contributed by atoms with van der Waals surface area (Å²) >= 11 is 0. The number of nitrogens with zero attached hydrogens (tertiary/aromatic N) is 4. The predicted molar refractivity (Wildman–Crippen MR) is 110 cm³/mol. The molecule has 0 bridgehead atoms. The van der Waals surface area contributed by atoms with Gasteiger partial charge in [0.25, 0.3) is 0 Å². The molecule has 3 rings (SSSR count). The van der Waals surface area contributed by atoms with E-state index < -0.39 is 0 Å². The van der Waals surface area contributed by atoms with Crippen LogP contribution in [0.1, 0.15) is 50.7 Å². The van der Waals surface area contributed by atoms with Gasteiger partial charge in [0.05, 0.1) is 13.3 Å². The van der Waals surface area contributed by atoms with E-state index in [-0.39, 0.29) is 0 Å². The molecule has 26 heavy (non-hydrogen) atoms. The second-order valence-corrected chi connectivity index (χ2v) is 8.15. The molecule has 2 fully saturated rings. The van der Waals surface area contributed by atoms with Gasteiger partial charge in [0.2, 0.25) is 0 Å². The molecule has 2 heterocycles. The Morgan fingerprint density at radius 3 is 1.38 bits per heavy atom. The summed E-state index contributed by atoms with van der Waals surface area (Å²) in [6, 6.07) is 9.37. The van der Waals surface area contributed by atoms with Crippen molar-refractivity contribution in [2.75, 3.05) is 52.6 Å². The Morgan fingerprint density at radius 1 is 0.615 bits per heavy atom. The number of unbranched alkanes of at least 4 members (excludes halogenated alkanes) is 2. The summed E-state index contributed by atoms with van der Waals surface area (Å²) in [6.07, 6.45) is 5.25. The van der Waals surface area contributed by atoms with Crippen molar-refractivity contribution in [3.05, 3.63) is 35.4 Å². The highest BCUT2D eigenvalue weighted by molar-refractivity contribution is 5.22. The first-order valence-corrected chi connectivity index (χ1v) is 10.7. The molecule has 4 heteroatoms. The van der Waals surface area contributed by atoms with E-state index in [9.17, 15) is 0 Å². The summed E-state index contributed by atoms with van der Waals surface area (Å²) in [5.74, 6) is 0. The Labute approximate surface area is 160 Å². The van der Waals surface area contributed by atoms with E-state index in [2.05, 4.69) is 57.7 Å². The Kier molecular flexibility index (Phi) is 7.93. The molecule has 0 N–H and O–H groups in total. The van der Waals surface area contributed by atoms with Crippen molar-refractivity contribution in [2.24, 2.45) is 0 Å². The Morgan fingerprint density at radius 2 is 1.00 bits per heavy atom. The van der Waals surface area contributed by atoms with E-state index in [0.29, 0.717) is 0 Å². The summed E-state index contributed by atoms with van der Waals surface area (Å²) < 4.78 is 0. The monoisotopic (exact) mass is 358 g/mol. The van der Waals surface area contributed by atoms with Gasteiger partial charge in [-0.1, -0.05) is 51.0 Å². The fraction of sp³-hybridized carbons (Fsp3) is 0.727. The van der Waals surface area contributed by atoms with Gasteiger partial charge in [-0.2, -0.15) is 0 Å². The van der Waals surface area contributed by atoms with E-state index >= 15 is 0 Å². The average molecular weight is 359 g/mol. The fourth-order valence-corrected chi connectivity index (χ4v) is 4.07. The van der Waals surface area contributed by atoms with E-state index in [0.717, 1.165) is 26.4 Å². The molecule has 2 aliphatic rings. The standard InChI is InChI=1S/C22H38N4/c1-3-5-11-23-13-15-25(19-23)17-21-7-9-22(10-8-21)18-26-16-14-24(20-26)12-6-4-2/h7-10H,3-6,11-20H2,1-2H3. The minimum absolute atomic E-state index is 1.09. The van der Waals surface area contributed by atoms with Crippen LogP contribution in [0.2, 0.25) is 0 Å². The molecule has 2 saturated heterocycles. The van der Waals surface area contributed by atoms with Crippen LogP contribution < -0.4 is 0 Å². The minimum atomic E-state index is 1.09. The summed E-state index contributed by atoms with van der Waals surface area (Å²) in [7, 11) is 0. The number of rotatable bonds is 10. The lowest BCUT2D eigenvalue weighted by Crippen LogP contribution is -2.26. The lowest BCUT2D eigenvalue weighted by atomic mass is 10.1. The van der Waals surface area contributed by atoms with E-state index in [1.165, 1.54) is 76.1 Å².